The number of benzene rings is 2. The molecule has 2 aromatic carbocycles. The Morgan fingerprint density at radius 3 is 2.64 bits per heavy atom. The van der Waals surface area contributed by atoms with E-state index in [-0.39, 0.29) is 5.75 Å². The number of fused-ring (bicyclic) bond motifs is 1. The fourth-order valence-corrected chi connectivity index (χ4v) is 2.62. The van der Waals surface area contributed by atoms with Gasteiger partial charge >= 0.3 is 0 Å². The molecular formula is C18H12F2N4O. The van der Waals surface area contributed by atoms with Crippen LogP contribution < -0.4 is 4.74 Å². The number of H-pyrrole nitrogens is 1. The maximum Gasteiger partial charge on any atom is 0.200 e. The molecule has 0 aliphatic heterocycles. The van der Waals surface area contributed by atoms with Crippen LogP contribution in [-0.4, -0.2) is 27.3 Å². The predicted molar refractivity (Wildman–Crippen MR) is 89.0 cm³/mol. The Morgan fingerprint density at radius 2 is 1.88 bits per heavy atom. The van der Waals surface area contributed by atoms with Gasteiger partial charge in [0.25, 0.3) is 0 Å². The minimum Gasteiger partial charge on any atom is -0.494 e. The number of halogens is 2. The molecule has 0 unspecified atom stereocenters. The van der Waals surface area contributed by atoms with Gasteiger partial charge in [0.15, 0.2) is 17.2 Å². The number of methoxy groups -OCH3 is 1. The number of hydrogen-bond donors (Lipinski definition) is 1. The Balaban J connectivity index is 1.87. The van der Waals surface area contributed by atoms with Crippen LogP contribution in [0.25, 0.3) is 33.7 Å². The van der Waals surface area contributed by atoms with Crippen LogP contribution in [0.5, 0.6) is 5.75 Å². The molecule has 124 valence electrons. The van der Waals surface area contributed by atoms with E-state index in [1.807, 2.05) is 0 Å². The van der Waals surface area contributed by atoms with Gasteiger partial charge in [-0.1, -0.05) is 12.1 Å². The fraction of sp³-hybridized carbons (Fsp3) is 0.0556. The van der Waals surface area contributed by atoms with Crippen molar-refractivity contribution in [3.05, 3.63) is 60.3 Å². The molecular weight excluding hydrogens is 326 g/mol. The van der Waals surface area contributed by atoms with Gasteiger partial charge in [0.2, 0.25) is 0 Å². The zero-order chi connectivity index (χ0) is 17.4. The van der Waals surface area contributed by atoms with E-state index in [1.54, 1.807) is 24.3 Å². The summed E-state index contributed by atoms with van der Waals surface area (Å²) >= 11 is 0. The molecule has 5 nitrogen and oxygen atoms in total. The van der Waals surface area contributed by atoms with E-state index >= 15 is 0 Å². The highest BCUT2D eigenvalue weighted by Crippen LogP contribution is 2.29. The molecule has 0 amide bonds. The van der Waals surface area contributed by atoms with Crippen LogP contribution in [-0.2, 0) is 0 Å². The van der Waals surface area contributed by atoms with Crippen molar-refractivity contribution in [2.24, 2.45) is 0 Å². The molecule has 0 aliphatic rings. The molecule has 2 aromatic heterocycles. The van der Waals surface area contributed by atoms with E-state index in [2.05, 4.69) is 20.2 Å². The van der Waals surface area contributed by atoms with E-state index < -0.39 is 11.6 Å². The summed E-state index contributed by atoms with van der Waals surface area (Å²) in [5.74, 6) is -0.747. The van der Waals surface area contributed by atoms with E-state index in [0.717, 1.165) is 0 Å². The Hall–Kier alpha value is -3.35. The van der Waals surface area contributed by atoms with Gasteiger partial charge in [-0.3, -0.25) is 5.10 Å². The van der Waals surface area contributed by atoms with E-state index in [9.17, 15) is 8.78 Å². The lowest BCUT2D eigenvalue weighted by Gasteiger charge is -2.05. The summed E-state index contributed by atoms with van der Waals surface area (Å²) in [6.45, 7) is 0. The molecule has 0 atom stereocenters. The third-order valence-electron chi connectivity index (χ3n) is 3.85. The van der Waals surface area contributed by atoms with Gasteiger partial charge in [0, 0.05) is 11.1 Å². The summed E-state index contributed by atoms with van der Waals surface area (Å²) in [7, 11) is 1.40. The highest BCUT2D eigenvalue weighted by molar-refractivity contribution is 5.88. The Morgan fingerprint density at radius 1 is 1.04 bits per heavy atom. The first-order valence-electron chi connectivity index (χ1n) is 7.47. The Bertz CT molecular complexity index is 1080. The van der Waals surface area contributed by atoms with Crippen molar-refractivity contribution in [3.63, 3.8) is 0 Å². The van der Waals surface area contributed by atoms with Crippen LogP contribution in [0.3, 0.4) is 0 Å². The van der Waals surface area contributed by atoms with E-state index in [1.165, 1.54) is 31.5 Å². The Kier molecular flexibility index (Phi) is 3.61. The highest BCUT2D eigenvalue weighted by Gasteiger charge is 2.15. The average Bonchev–Trinajstić information content (AvgIpc) is 3.05. The molecule has 0 radical (unpaired) electrons. The van der Waals surface area contributed by atoms with Gasteiger partial charge in [-0.05, 0) is 30.3 Å². The molecule has 4 rings (SSSR count). The average molecular weight is 338 g/mol. The summed E-state index contributed by atoms with van der Waals surface area (Å²) in [5, 5.41) is 6.89. The first kappa shape index (κ1) is 15.2. The number of ether oxygens (including phenoxy) is 1. The molecule has 7 heteroatoms. The molecule has 0 saturated heterocycles. The molecule has 1 N–H and O–H groups in total. The smallest absolute Gasteiger partial charge is 0.200 e. The van der Waals surface area contributed by atoms with Crippen LogP contribution in [0.2, 0.25) is 0 Å². The standard InChI is InChI=1S/C18H12F2N4O/c1-25-15-7-6-10(8-13(15)20)16-17-18(24-23-16)21-9-14(22-17)11-4-2-3-5-12(11)19/h2-9H,1H3,(H,21,23,24). The van der Waals surface area contributed by atoms with E-state index in [0.29, 0.717) is 33.7 Å². The lowest BCUT2D eigenvalue weighted by Crippen LogP contribution is -1.92. The molecule has 0 aliphatic carbocycles. The van der Waals surface area contributed by atoms with Gasteiger partial charge < -0.3 is 4.74 Å². The molecule has 4 aromatic rings. The van der Waals surface area contributed by atoms with Gasteiger partial charge in [-0.25, -0.2) is 18.7 Å². The maximum atomic E-state index is 14.0. The maximum absolute atomic E-state index is 14.0. The third kappa shape index (κ3) is 2.59. The normalized spacial score (nSPS) is 11.0. The second-order valence-electron chi connectivity index (χ2n) is 5.36. The van der Waals surface area contributed by atoms with Crippen molar-refractivity contribution >= 4 is 11.2 Å². The quantitative estimate of drug-likeness (QED) is 0.614. The molecule has 0 spiro atoms. The van der Waals surface area contributed by atoms with Crippen molar-refractivity contribution in [1.82, 2.24) is 20.2 Å². The number of aromatic nitrogens is 4. The summed E-state index contributed by atoms with van der Waals surface area (Å²) in [5.41, 5.74) is 2.56. The number of hydrogen-bond acceptors (Lipinski definition) is 4. The summed E-state index contributed by atoms with van der Waals surface area (Å²) in [6, 6.07) is 10.8. The molecule has 0 fully saturated rings. The van der Waals surface area contributed by atoms with Crippen LogP contribution in [0, 0.1) is 11.6 Å². The highest BCUT2D eigenvalue weighted by atomic mass is 19.1. The lowest BCUT2D eigenvalue weighted by molar-refractivity contribution is 0.386. The molecule has 25 heavy (non-hydrogen) atoms. The summed E-state index contributed by atoms with van der Waals surface area (Å²) in [6.07, 6.45) is 1.46. The van der Waals surface area contributed by atoms with Gasteiger partial charge in [-0.2, -0.15) is 5.10 Å². The predicted octanol–water partition coefficient (Wildman–Crippen LogP) is 3.97. The van der Waals surface area contributed by atoms with Crippen molar-refractivity contribution in [2.45, 2.75) is 0 Å². The monoisotopic (exact) mass is 338 g/mol. The largest absolute Gasteiger partial charge is 0.494 e. The third-order valence-corrected chi connectivity index (χ3v) is 3.85. The number of aromatic amines is 1. The van der Waals surface area contributed by atoms with E-state index in [4.69, 9.17) is 4.74 Å². The topological polar surface area (TPSA) is 63.7 Å². The molecule has 2 heterocycles. The van der Waals surface area contributed by atoms with Gasteiger partial charge in [0.1, 0.15) is 11.3 Å². The number of nitrogens with zero attached hydrogens (tertiary/aromatic N) is 3. The summed E-state index contributed by atoms with van der Waals surface area (Å²) in [4.78, 5) is 8.68. The zero-order valence-electron chi connectivity index (χ0n) is 13.1. The fourth-order valence-electron chi connectivity index (χ4n) is 2.62. The molecule has 0 bridgehead atoms. The van der Waals surface area contributed by atoms with Crippen molar-refractivity contribution < 1.29 is 13.5 Å². The zero-order valence-corrected chi connectivity index (χ0v) is 13.1. The molecule has 0 saturated carbocycles. The van der Waals surface area contributed by atoms with Crippen molar-refractivity contribution in [2.75, 3.05) is 7.11 Å². The van der Waals surface area contributed by atoms with Crippen LogP contribution in [0.15, 0.2) is 48.7 Å². The number of nitrogens with one attached hydrogen (secondary N) is 1. The van der Waals surface area contributed by atoms with Crippen LogP contribution >= 0.6 is 0 Å². The SMILES string of the molecule is COc1ccc(-c2[nH]nc3ncc(-c4ccccc4F)nc23)cc1F. The van der Waals surface area contributed by atoms with Gasteiger partial charge in [0.05, 0.1) is 24.7 Å². The second-order valence-corrected chi connectivity index (χ2v) is 5.36. The first-order chi connectivity index (χ1) is 12.2. The minimum absolute atomic E-state index is 0.144. The van der Waals surface area contributed by atoms with Crippen LogP contribution in [0.1, 0.15) is 0 Å². The minimum atomic E-state index is -0.499. The van der Waals surface area contributed by atoms with Gasteiger partial charge in [-0.15, -0.1) is 0 Å². The summed E-state index contributed by atoms with van der Waals surface area (Å²) < 4.78 is 32.9. The van der Waals surface area contributed by atoms with Crippen molar-refractivity contribution in [1.29, 1.82) is 0 Å². The van der Waals surface area contributed by atoms with Crippen LogP contribution in [0.4, 0.5) is 8.78 Å². The number of rotatable bonds is 3. The second kappa shape index (κ2) is 5.94. The lowest BCUT2D eigenvalue weighted by atomic mass is 10.1. The Labute approximate surface area is 141 Å². The first-order valence-corrected chi connectivity index (χ1v) is 7.47. The van der Waals surface area contributed by atoms with Crippen molar-refractivity contribution in [3.8, 4) is 28.3 Å².